The van der Waals surface area contributed by atoms with E-state index in [9.17, 15) is 15.2 Å². The highest BCUT2D eigenvalue weighted by molar-refractivity contribution is 5.83. The molecule has 10 nitrogen and oxygen atoms in total. The van der Waals surface area contributed by atoms with Crippen molar-refractivity contribution in [3.8, 4) is 17.2 Å². The summed E-state index contributed by atoms with van der Waals surface area (Å²) in [7, 11) is 1.89. The summed E-state index contributed by atoms with van der Waals surface area (Å²) in [6.07, 6.45) is 12.8. The summed E-state index contributed by atoms with van der Waals surface area (Å²) in [6.45, 7) is 1.85. The molecule has 2 N–H and O–H groups in total. The molecule has 45 heavy (non-hydrogen) atoms. The Kier molecular flexibility index (Phi) is 9.46. The average Bonchev–Trinajstić information content (AvgIpc) is 3.52. The lowest BCUT2D eigenvalue weighted by atomic mass is 9.73. The molecule has 0 spiro atoms. The third-order valence-electron chi connectivity index (χ3n) is 9.27. The van der Waals surface area contributed by atoms with E-state index in [1.54, 1.807) is 10.9 Å². The summed E-state index contributed by atoms with van der Waals surface area (Å²) in [5.41, 5.74) is 4.30. The van der Waals surface area contributed by atoms with E-state index in [0.717, 1.165) is 60.3 Å². The predicted octanol–water partition coefficient (Wildman–Crippen LogP) is 4.55. The van der Waals surface area contributed by atoms with Crippen LogP contribution in [0.4, 0.5) is 5.82 Å². The van der Waals surface area contributed by atoms with Crippen molar-refractivity contribution in [1.29, 1.82) is 5.26 Å². The molecule has 1 aliphatic heterocycles. The minimum absolute atomic E-state index is 0.00986. The zero-order chi connectivity index (χ0) is 31.2. The Morgan fingerprint density at radius 1 is 1.00 bits per heavy atom. The predicted molar refractivity (Wildman–Crippen MR) is 171 cm³/mol. The van der Waals surface area contributed by atoms with Gasteiger partial charge in [-0.2, -0.15) is 10.4 Å². The summed E-state index contributed by atoms with van der Waals surface area (Å²) >= 11 is 0. The molecular weight excluding hydrogens is 564 g/mol. The maximum atomic E-state index is 13.8. The number of nitriles is 1. The van der Waals surface area contributed by atoms with E-state index in [2.05, 4.69) is 26.4 Å². The quantitative estimate of drug-likeness (QED) is 0.284. The summed E-state index contributed by atoms with van der Waals surface area (Å²) < 4.78 is 1.77. The topological polar surface area (TPSA) is 133 Å². The van der Waals surface area contributed by atoms with Crippen LogP contribution < -0.4 is 10.2 Å². The molecule has 2 fully saturated rings. The number of benzene rings is 1. The van der Waals surface area contributed by atoms with Gasteiger partial charge >= 0.3 is 0 Å². The molecule has 4 aromatic rings. The molecule has 6 rings (SSSR count). The third kappa shape index (κ3) is 7.37. The van der Waals surface area contributed by atoms with Crippen LogP contribution in [0.3, 0.4) is 0 Å². The lowest BCUT2D eigenvalue weighted by molar-refractivity contribution is -0.124. The molecule has 3 aromatic heterocycles. The number of nitrogens with one attached hydrogen (secondary N) is 1. The fraction of sp³-hybridized carbons (Fsp3) is 0.429. The number of amides is 1. The van der Waals surface area contributed by atoms with E-state index in [-0.39, 0.29) is 23.8 Å². The van der Waals surface area contributed by atoms with Crippen molar-refractivity contribution in [3.63, 3.8) is 0 Å². The number of hydrogen-bond donors (Lipinski definition) is 2. The molecule has 0 bridgehead atoms. The van der Waals surface area contributed by atoms with Crippen molar-refractivity contribution in [1.82, 2.24) is 30.0 Å². The van der Waals surface area contributed by atoms with Crippen LogP contribution in [0.25, 0.3) is 11.1 Å². The number of aromatic nitrogens is 5. The Morgan fingerprint density at radius 3 is 2.44 bits per heavy atom. The van der Waals surface area contributed by atoms with Crippen molar-refractivity contribution < 1.29 is 9.90 Å². The SMILES string of the molecule is Cn1cc(-c2ccc(C(C(=O)NCc3ccccc3)[C@H]3CC[C@H](Cc4ncc(C#N)c(N5CCC(O)CC5)n4)CC3)nc2)cn1. The van der Waals surface area contributed by atoms with Crippen molar-refractivity contribution >= 4 is 11.7 Å². The lowest BCUT2D eigenvalue weighted by Gasteiger charge is -2.33. The fourth-order valence-corrected chi connectivity index (χ4v) is 6.70. The minimum atomic E-state index is -0.343. The Balaban J connectivity index is 1.14. The van der Waals surface area contributed by atoms with Gasteiger partial charge in [-0.05, 0) is 62.0 Å². The molecule has 4 heterocycles. The molecule has 1 aliphatic carbocycles. The van der Waals surface area contributed by atoms with E-state index >= 15 is 0 Å². The van der Waals surface area contributed by atoms with Crippen molar-refractivity contribution in [3.05, 3.63) is 89.9 Å². The maximum absolute atomic E-state index is 13.8. The second-order valence-corrected chi connectivity index (χ2v) is 12.4. The number of hydrogen-bond acceptors (Lipinski definition) is 8. The molecule has 2 aliphatic rings. The first-order valence-electron chi connectivity index (χ1n) is 15.9. The number of aliphatic hydroxyl groups excluding tert-OH is 1. The number of piperidine rings is 1. The first-order valence-corrected chi connectivity index (χ1v) is 15.9. The van der Waals surface area contributed by atoms with E-state index in [0.29, 0.717) is 49.8 Å². The molecule has 1 aromatic carbocycles. The molecule has 0 radical (unpaired) electrons. The first kappa shape index (κ1) is 30.4. The third-order valence-corrected chi connectivity index (χ3v) is 9.27. The van der Waals surface area contributed by atoms with Gasteiger partial charge in [0.25, 0.3) is 0 Å². The number of carbonyl (C=O) groups excluding carboxylic acids is 1. The Hall–Kier alpha value is -4.62. The molecule has 1 amide bonds. The van der Waals surface area contributed by atoms with Crippen LogP contribution in [-0.2, 0) is 24.8 Å². The molecule has 10 heteroatoms. The van der Waals surface area contributed by atoms with Gasteiger partial charge in [0.15, 0.2) is 0 Å². The molecule has 1 saturated carbocycles. The number of rotatable bonds is 9. The highest BCUT2D eigenvalue weighted by Crippen LogP contribution is 2.39. The number of anilines is 1. The van der Waals surface area contributed by atoms with Gasteiger partial charge in [0.1, 0.15) is 23.3 Å². The molecular formula is C35H40N8O2. The van der Waals surface area contributed by atoms with E-state index < -0.39 is 0 Å². The number of carbonyl (C=O) groups is 1. The van der Waals surface area contributed by atoms with Crippen molar-refractivity contribution in [2.24, 2.45) is 18.9 Å². The van der Waals surface area contributed by atoms with E-state index in [1.807, 2.05) is 68.1 Å². The minimum Gasteiger partial charge on any atom is -0.393 e. The highest BCUT2D eigenvalue weighted by atomic mass is 16.3. The van der Waals surface area contributed by atoms with Gasteiger partial charge in [0, 0.05) is 56.6 Å². The second kappa shape index (κ2) is 14.0. The number of aryl methyl sites for hydroxylation is 1. The maximum Gasteiger partial charge on any atom is 0.229 e. The summed E-state index contributed by atoms with van der Waals surface area (Å²) in [5.74, 6) is 1.67. The smallest absolute Gasteiger partial charge is 0.229 e. The number of pyridine rings is 1. The standard InChI is InChI=1S/C35H40N8O2/c1-42-23-29(22-40-42)27-11-12-31(37-20-27)33(35(45)39-19-25-5-3-2-4-6-25)26-9-7-24(8-10-26)17-32-38-21-28(18-36)34(41-32)43-15-13-30(44)14-16-43/h2-6,11-12,20-24,26,30,33,44H,7-10,13-17,19H2,1H3,(H,39,45)/t24-,26-,33?. The van der Waals surface area contributed by atoms with Crippen LogP contribution in [-0.4, -0.2) is 54.9 Å². The number of nitrogens with zero attached hydrogens (tertiary/aromatic N) is 7. The Labute approximate surface area is 264 Å². The normalized spacial score (nSPS) is 19.5. The van der Waals surface area contributed by atoms with Crippen molar-refractivity contribution in [2.75, 3.05) is 18.0 Å². The van der Waals surface area contributed by atoms with E-state index in [1.165, 1.54) is 0 Å². The van der Waals surface area contributed by atoms with Crippen molar-refractivity contribution in [2.45, 2.75) is 63.5 Å². The molecule has 1 saturated heterocycles. The number of aliphatic hydroxyl groups is 1. The van der Waals surface area contributed by atoms with Gasteiger partial charge in [-0.15, -0.1) is 0 Å². The van der Waals surface area contributed by atoms with Crippen LogP contribution in [0.1, 0.15) is 67.1 Å². The highest BCUT2D eigenvalue weighted by Gasteiger charge is 2.34. The first-order chi connectivity index (χ1) is 22.0. The monoisotopic (exact) mass is 604 g/mol. The summed E-state index contributed by atoms with van der Waals surface area (Å²) in [6, 6.07) is 16.2. The zero-order valence-corrected chi connectivity index (χ0v) is 25.7. The molecule has 1 unspecified atom stereocenters. The van der Waals surface area contributed by atoms with E-state index in [4.69, 9.17) is 9.97 Å². The van der Waals surface area contributed by atoms with Gasteiger partial charge in [-0.3, -0.25) is 14.5 Å². The van der Waals surface area contributed by atoms with Crippen LogP contribution in [0.2, 0.25) is 0 Å². The molecule has 232 valence electrons. The molecule has 1 atom stereocenters. The van der Waals surface area contributed by atoms with Crippen LogP contribution in [0.15, 0.2) is 67.3 Å². The van der Waals surface area contributed by atoms with Crippen LogP contribution in [0.5, 0.6) is 0 Å². The van der Waals surface area contributed by atoms with Crippen LogP contribution in [0, 0.1) is 23.2 Å². The van der Waals surface area contributed by atoms with Crippen LogP contribution >= 0.6 is 0 Å². The van der Waals surface area contributed by atoms with Gasteiger partial charge in [-0.1, -0.05) is 36.4 Å². The Morgan fingerprint density at radius 2 is 1.78 bits per heavy atom. The average molecular weight is 605 g/mol. The van der Waals surface area contributed by atoms with Gasteiger partial charge < -0.3 is 15.3 Å². The second-order valence-electron chi connectivity index (χ2n) is 12.4. The fourth-order valence-electron chi connectivity index (χ4n) is 6.70. The Bertz CT molecular complexity index is 1620. The van der Waals surface area contributed by atoms with Gasteiger partial charge in [-0.25, -0.2) is 9.97 Å². The van der Waals surface area contributed by atoms with Gasteiger partial charge in [0.2, 0.25) is 5.91 Å². The largest absolute Gasteiger partial charge is 0.393 e. The van der Waals surface area contributed by atoms with Gasteiger partial charge in [0.05, 0.1) is 30.1 Å². The lowest BCUT2D eigenvalue weighted by Crippen LogP contribution is -2.37. The zero-order valence-electron chi connectivity index (χ0n) is 25.7. The summed E-state index contributed by atoms with van der Waals surface area (Å²) in [4.78, 5) is 30.1. The summed E-state index contributed by atoms with van der Waals surface area (Å²) in [5, 5.41) is 27.0.